The van der Waals surface area contributed by atoms with E-state index < -0.39 is 0 Å². The molecule has 0 unspecified atom stereocenters. The summed E-state index contributed by atoms with van der Waals surface area (Å²) in [5.41, 5.74) is 1.01. The number of nitrogens with zero attached hydrogens (tertiary/aromatic N) is 1. The van der Waals surface area contributed by atoms with Crippen LogP contribution in [0.4, 0.5) is 0 Å². The number of carbonyl (C=O) groups excluding carboxylic acids is 1. The molecule has 0 saturated heterocycles. The fourth-order valence-electron chi connectivity index (χ4n) is 2.02. The Morgan fingerprint density at radius 2 is 1.87 bits per heavy atom. The van der Waals surface area contributed by atoms with E-state index in [1.165, 1.54) is 23.1 Å². The van der Waals surface area contributed by atoms with Crippen molar-refractivity contribution in [1.82, 2.24) is 4.90 Å². The zero-order valence-corrected chi connectivity index (χ0v) is 15.6. The molecule has 0 radical (unpaired) electrons. The Hall–Kier alpha value is -1.43. The van der Waals surface area contributed by atoms with Crippen LogP contribution in [0.5, 0.6) is 0 Å². The first-order valence-corrected chi connectivity index (χ1v) is 9.57. The number of rotatable bonds is 6. The van der Waals surface area contributed by atoms with Crippen LogP contribution in [0.25, 0.3) is 4.91 Å². The first-order chi connectivity index (χ1) is 11.2. The number of thiocarbonyl (C=S) groups is 1. The maximum absolute atomic E-state index is 12.4. The van der Waals surface area contributed by atoms with E-state index >= 15 is 0 Å². The van der Waals surface area contributed by atoms with Gasteiger partial charge in [0.05, 0.1) is 4.88 Å². The van der Waals surface area contributed by atoms with Crippen LogP contribution in [0.3, 0.4) is 0 Å². The summed E-state index contributed by atoms with van der Waals surface area (Å²) in [7, 11) is 0. The Labute approximate surface area is 151 Å². The molecule has 120 valence electrons. The normalized spacial score (nSPS) is 11.3. The average Bonchev–Trinajstić information content (AvgIpc) is 3.11. The SMILES string of the molecule is CCN(CC)C(=S)SC(=CC(=O)c1cccs1)c1ccccc1. The molecule has 0 aliphatic rings. The Balaban J connectivity index is 2.29. The van der Waals surface area contributed by atoms with Crippen LogP contribution >= 0.6 is 35.3 Å². The number of carbonyl (C=O) groups is 1. The van der Waals surface area contributed by atoms with Crippen molar-refractivity contribution in [3.63, 3.8) is 0 Å². The van der Waals surface area contributed by atoms with E-state index in [4.69, 9.17) is 12.2 Å². The van der Waals surface area contributed by atoms with Crippen LogP contribution in [0.2, 0.25) is 0 Å². The van der Waals surface area contributed by atoms with Crippen molar-refractivity contribution in [3.8, 4) is 0 Å². The lowest BCUT2D eigenvalue weighted by molar-refractivity contribution is 0.105. The molecule has 0 saturated carbocycles. The van der Waals surface area contributed by atoms with Gasteiger partial charge in [0.1, 0.15) is 4.32 Å². The van der Waals surface area contributed by atoms with Crippen molar-refractivity contribution in [2.24, 2.45) is 0 Å². The van der Waals surface area contributed by atoms with Gasteiger partial charge < -0.3 is 4.90 Å². The highest BCUT2D eigenvalue weighted by Gasteiger charge is 2.13. The monoisotopic (exact) mass is 361 g/mol. The van der Waals surface area contributed by atoms with Crippen LogP contribution in [-0.2, 0) is 0 Å². The highest BCUT2D eigenvalue weighted by Crippen LogP contribution is 2.30. The van der Waals surface area contributed by atoms with Gasteiger partial charge >= 0.3 is 0 Å². The second kappa shape index (κ2) is 9.01. The van der Waals surface area contributed by atoms with E-state index in [2.05, 4.69) is 18.7 Å². The van der Waals surface area contributed by atoms with Crippen molar-refractivity contribution in [2.45, 2.75) is 13.8 Å². The molecule has 1 aromatic carbocycles. The lowest BCUT2D eigenvalue weighted by atomic mass is 10.2. The van der Waals surface area contributed by atoms with Gasteiger partial charge in [0, 0.05) is 24.1 Å². The molecule has 2 aromatic rings. The van der Waals surface area contributed by atoms with Gasteiger partial charge in [-0.15, -0.1) is 11.3 Å². The summed E-state index contributed by atoms with van der Waals surface area (Å²) in [5, 5.41) is 1.91. The highest BCUT2D eigenvalue weighted by atomic mass is 32.2. The predicted octanol–water partition coefficient (Wildman–Crippen LogP) is 5.33. The Kier molecular flexibility index (Phi) is 7.02. The molecular weight excluding hydrogens is 342 g/mol. The standard InChI is InChI=1S/C18H19NOS3/c1-3-19(4-2)18(21)23-17(14-9-6-5-7-10-14)13-15(20)16-11-8-12-22-16/h5-13H,3-4H2,1-2H3. The van der Waals surface area contributed by atoms with E-state index in [0.29, 0.717) is 0 Å². The quantitative estimate of drug-likeness (QED) is 0.393. The number of benzene rings is 1. The maximum Gasteiger partial charge on any atom is 0.196 e. The molecule has 0 atom stereocenters. The van der Waals surface area contributed by atoms with Gasteiger partial charge in [-0.05, 0) is 30.9 Å². The molecule has 0 aliphatic carbocycles. The summed E-state index contributed by atoms with van der Waals surface area (Å²) >= 11 is 8.48. The Morgan fingerprint density at radius 1 is 1.17 bits per heavy atom. The topological polar surface area (TPSA) is 20.3 Å². The van der Waals surface area contributed by atoms with Crippen molar-refractivity contribution < 1.29 is 4.79 Å². The Morgan fingerprint density at radius 3 is 2.43 bits per heavy atom. The van der Waals surface area contributed by atoms with Crippen molar-refractivity contribution >= 4 is 50.3 Å². The second-order valence-corrected chi connectivity index (χ2v) is 7.38. The number of hydrogen-bond acceptors (Lipinski definition) is 4. The molecule has 23 heavy (non-hydrogen) atoms. The van der Waals surface area contributed by atoms with Crippen molar-refractivity contribution in [2.75, 3.05) is 13.1 Å². The second-order valence-electron chi connectivity index (χ2n) is 4.76. The van der Waals surface area contributed by atoms with E-state index in [-0.39, 0.29) is 5.78 Å². The summed E-state index contributed by atoms with van der Waals surface area (Å²) < 4.78 is 0.795. The molecule has 2 nitrogen and oxygen atoms in total. The molecule has 0 bridgehead atoms. The van der Waals surface area contributed by atoms with E-state index in [1.807, 2.05) is 47.8 Å². The Bertz CT molecular complexity index is 674. The largest absolute Gasteiger partial charge is 0.358 e. The van der Waals surface area contributed by atoms with Crippen molar-refractivity contribution in [1.29, 1.82) is 0 Å². The molecule has 0 aliphatic heterocycles. The van der Waals surface area contributed by atoms with Gasteiger partial charge in [-0.3, -0.25) is 4.79 Å². The summed E-state index contributed by atoms with van der Waals surface area (Å²) in [4.78, 5) is 16.2. The van der Waals surface area contributed by atoms with Crippen LogP contribution in [0.15, 0.2) is 53.9 Å². The van der Waals surface area contributed by atoms with Gasteiger partial charge in [-0.1, -0.05) is 60.4 Å². The van der Waals surface area contributed by atoms with Crippen LogP contribution in [0, 0.1) is 0 Å². The fourth-order valence-corrected chi connectivity index (χ4v) is 4.18. The first-order valence-electron chi connectivity index (χ1n) is 7.47. The van der Waals surface area contributed by atoms with Gasteiger partial charge in [-0.25, -0.2) is 0 Å². The number of ketones is 1. The third-order valence-electron chi connectivity index (χ3n) is 3.30. The average molecular weight is 362 g/mol. The van der Waals surface area contributed by atoms with E-state index in [9.17, 15) is 4.79 Å². The van der Waals surface area contributed by atoms with Gasteiger partial charge in [0.15, 0.2) is 5.78 Å². The number of hydrogen-bond donors (Lipinski definition) is 0. The molecule has 2 rings (SSSR count). The molecule has 5 heteroatoms. The van der Waals surface area contributed by atoms with Gasteiger partial charge in [-0.2, -0.15) is 0 Å². The third-order valence-corrected chi connectivity index (χ3v) is 5.70. The van der Waals surface area contributed by atoms with Gasteiger partial charge in [0.2, 0.25) is 0 Å². The minimum absolute atomic E-state index is 0.0219. The zero-order valence-electron chi connectivity index (χ0n) is 13.2. The molecule has 0 spiro atoms. The van der Waals surface area contributed by atoms with E-state index in [1.54, 1.807) is 6.08 Å². The van der Waals surface area contributed by atoms with Gasteiger partial charge in [0.25, 0.3) is 0 Å². The maximum atomic E-state index is 12.4. The summed E-state index contributed by atoms with van der Waals surface area (Å²) in [6.07, 6.45) is 1.70. The highest BCUT2D eigenvalue weighted by molar-refractivity contribution is 8.29. The smallest absolute Gasteiger partial charge is 0.196 e. The minimum atomic E-state index is 0.0219. The fraction of sp³-hybridized carbons (Fsp3) is 0.222. The van der Waals surface area contributed by atoms with Crippen LogP contribution < -0.4 is 0 Å². The predicted molar refractivity (Wildman–Crippen MR) is 106 cm³/mol. The van der Waals surface area contributed by atoms with E-state index in [0.717, 1.165) is 32.8 Å². The molecule has 0 N–H and O–H groups in total. The molecule has 1 heterocycles. The summed E-state index contributed by atoms with van der Waals surface area (Å²) in [6.45, 7) is 5.89. The molecular formula is C18H19NOS3. The number of thioether (sulfide) groups is 1. The molecule has 0 amide bonds. The minimum Gasteiger partial charge on any atom is -0.358 e. The number of thiophene rings is 1. The van der Waals surface area contributed by atoms with Crippen LogP contribution in [0.1, 0.15) is 29.1 Å². The third kappa shape index (κ3) is 5.03. The lowest BCUT2D eigenvalue weighted by Crippen LogP contribution is -2.26. The zero-order chi connectivity index (χ0) is 16.7. The van der Waals surface area contributed by atoms with Crippen molar-refractivity contribution in [3.05, 3.63) is 64.4 Å². The van der Waals surface area contributed by atoms with Crippen LogP contribution in [-0.4, -0.2) is 28.1 Å². The number of allylic oxidation sites excluding steroid dienone is 1. The summed E-state index contributed by atoms with van der Waals surface area (Å²) in [6, 6.07) is 13.7. The molecule has 0 fully saturated rings. The first kappa shape index (κ1) is 17.9. The lowest BCUT2D eigenvalue weighted by Gasteiger charge is -2.21. The molecule has 1 aromatic heterocycles. The summed E-state index contributed by atoms with van der Waals surface area (Å²) in [5.74, 6) is 0.0219.